The van der Waals surface area contributed by atoms with Crippen LogP contribution in [0.3, 0.4) is 0 Å². The Labute approximate surface area is 173 Å². The molecule has 2 heterocycles. The van der Waals surface area contributed by atoms with E-state index >= 15 is 0 Å². The molecule has 1 saturated heterocycles. The van der Waals surface area contributed by atoms with Gasteiger partial charge in [0.1, 0.15) is 17.9 Å². The van der Waals surface area contributed by atoms with Crippen molar-refractivity contribution in [3.8, 4) is 16.9 Å². The molecule has 152 valence electrons. The number of hydrogen-bond acceptors (Lipinski definition) is 5. The van der Waals surface area contributed by atoms with Gasteiger partial charge in [0.15, 0.2) is 0 Å². The molecule has 1 aliphatic heterocycles. The largest absolute Gasteiger partial charge is 0.491 e. The zero-order chi connectivity index (χ0) is 20.2. The average molecular weight is 416 g/mol. The summed E-state index contributed by atoms with van der Waals surface area (Å²) in [5.41, 5.74) is 7.98. The van der Waals surface area contributed by atoms with Crippen LogP contribution in [0, 0.1) is 0 Å². The summed E-state index contributed by atoms with van der Waals surface area (Å²) in [6.07, 6.45) is 2.13. The third kappa shape index (κ3) is 4.56. The summed E-state index contributed by atoms with van der Waals surface area (Å²) in [6, 6.07) is 12.6. The van der Waals surface area contributed by atoms with Gasteiger partial charge in [-0.2, -0.15) is 0 Å². The molecule has 0 aliphatic carbocycles. The fourth-order valence-corrected chi connectivity index (χ4v) is 3.72. The lowest BCUT2D eigenvalue weighted by Gasteiger charge is -2.22. The molecule has 29 heavy (non-hydrogen) atoms. The van der Waals surface area contributed by atoms with Gasteiger partial charge in [-0.05, 0) is 60.3 Å². The molecule has 2 N–H and O–H groups in total. The molecule has 1 aliphatic rings. The summed E-state index contributed by atoms with van der Waals surface area (Å²) in [5.74, 6) is 0.243. The molecule has 0 spiro atoms. The molecule has 7 heteroatoms. The Morgan fingerprint density at radius 1 is 1.10 bits per heavy atom. The number of ether oxygens (including phenoxy) is 3. The highest BCUT2D eigenvalue weighted by atomic mass is 35.5. The van der Waals surface area contributed by atoms with Crippen LogP contribution in [0.25, 0.3) is 22.1 Å². The molecule has 1 amide bonds. The fourth-order valence-electron chi connectivity index (χ4n) is 3.42. The molecule has 0 radical (unpaired) electrons. The first-order valence-corrected chi connectivity index (χ1v) is 9.94. The van der Waals surface area contributed by atoms with Crippen LogP contribution in [-0.4, -0.2) is 38.4 Å². The number of rotatable bonds is 7. The minimum Gasteiger partial charge on any atom is -0.491 e. The maximum absolute atomic E-state index is 11.5. The lowest BCUT2D eigenvalue weighted by molar-refractivity contribution is -0.0388. The Hall–Kier alpha value is -2.54. The van der Waals surface area contributed by atoms with E-state index in [9.17, 15) is 4.79 Å². The third-order valence-corrected chi connectivity index (χ3v) is 5.21. The number of halogens is 1. The van der Waals surface area contributed by atoms with Crippen LogP contribution >= 0.6 is 11.6 Å². The number of furan rings is 1. The molecular formula is C22H22ClNO5. The number of carbonyl (C=O) groups excluding carboxylic acids is 1. The van der Waals surface area contributed by atoms with Crippen molar-refractivity contribution in [1.29, 1.82) is 0 Å². The van der Waals surface area contributed by atoms with E-state index < -0.39 is 5.91 Å². The second-order valence-corrected chi connectivity index (χ2v) is 7.22. The van der Waals surface area contributed by atoms with Crippen molar-refractivity contribution in [2.24, 2.45) is 5.73 Å². The third-order valence-electron chi connectivity index (χ3n) is 4.95. The molecular weight excluding hydrogens is 394 g/mol. The first kappa shape index (κ1) is 19.8. The first-order valence-electron chi connectivity index (χ1n) is 9.56. The van der Waals surface area contributed by atoms with Crippen molar-refractivity contribution in [2.45, 2.75) is 18.9 Å². The van der Waals surface area contributed by atoms with Gasteiger partial charge >= 0.3 is 0 Å². The second-order valence-electron chi connectivity index (χ2n) is 6.88. The van der Waals surface area contributed by atoms with Crippen LogP contribution in [-0.2, 0) is 9.47 Å². The van der Waals surface area contributed by atoms with E-state index in [1.54, 1.807) is 18.2 Å². The maximum atomic E-state index is 11.5. The molecule has 6 nitrogen and oxygen atoms in total. The van der Waals surface area contributed by atoms with Crippen molar-refractivity contribution in [1.82, 2.24) is 0 Å². The molecule has 0 bridgehead atoms. The highest BCUT2D eigenvalue weighted by molar-refractivity contribution is 6.33. The first-order chi connectivity index (χ1) is 14.1. The van der Waals surface area contributed by atoms with Gasteiger partial charge in [0.05, 0.1) is 12.7 Å². The number of hydrogen-bond donors (Lipinski definition) is 1. The molecule has 0 atom stereocenters. The quantitative estimate of drug-likeness (QED) is 0.577. The predicted molar refractivity (Wildman–Crippen MR) is 110 cm³/mol. The van der Waals surface area contributed by atoms with E-state index in [0.717, 1.165) is 48.3 Å². The number of amides is 1. The van der Waals surface area contributed by atoms with E-state index in [0.29, 0.717) is 24.4 Å². The number of primary amides is 1. The normalized spacial score (nSPS) is 14.9. The van der Waals surface area contributed by atoms with Crippen molar-refractivity contribution < 1.29 is 23.4 Å². The van der Waals surface area contributed by atoms with Crippen LogP contribution in [0.1, 0.15) is 23.2 Å². The van der Waals surface area contributed by atoms with Crippen molar-refractivity contribution in [3.63, 3.8) is 0 Å². The van der Waals surface area contributed by atoms with Gasteiger partial charge in [-0.1, -0.05) is 12.1 Å². The van der Waals surface area contributed by atoms with E-state index in [1.165, 1.54) is 0 Å². The Morgan fingerprint density at radius 2 is 1.86 bits per heavy atom. The molecule has 1 fully saturated rings. The predicted octanol–water partition coefficient (Wildman–Crippen LogP) is 4.43. The van der Waals surface area contributed by atoms with E-state index in [2.05, 4.69) is 0 Å². The number of benzene rings is 2. The van der Waals surface area contributed by atoms with E-state index in [-0.39, 0.29) is 11.3 Å². The molecule has 3 aromatic rings. The van der Waals surface area contributed by atoms with Gasteiger partial charge in [0.25, 0.3) is 0 Å². The zero-order valence-electron chi connectivity index (χ0n) is 15.9. The Bertz CT molecular complexity index is 992. The summed E-state index contributed by atoms with van der Waals surface area (Å²) in [5, 5.41) is 1.00. The van der Waals surface area contributed by atoms with Gasteiger partial charge < -0.3 is 24.4 Å². The maximum Gasteiger partial charge on any atom is 0.248 e. The van der Waals surface area contributed by atoms with Crippen LogP contribution in [0.15, 0.2) is 46.9 Å². The summed E-state index contributed by atoms with van der Waals surface area (Å²) in [4.78, 5) is 11.5. The van der Waals surface area contributed by atoms with Gasteiger partial charge in [-0.15, -0.1) is 0 Å². The monoisotopic (exact) mass is 415 g/mol. The average Bonchev–Trinajstić information content (AvgIpc) is 3.07. The summed E-state index contributed by atoms with van der Waals surface area (Å²) < 4.78 is 22.5. The van der Waals surface area contributed by atoms with Crippen LogP contribution in [0.2, 0.25) is 5.22 Å². The van der Waals surface area contributed by atoms with Gasteiger partial charge in [-0.3, -0.25) is 4.79 Å². The van der Waals surface area contributed by atoms with Crippen molar-refractivity contribution in [3.05, 3.63) is 53.2 Å². The summed E-state index contributed by atoms with van der Waals surface area (Å²) >= 11 is 6.31. The lowest BCUT2D eigenvalue weighted by Crippen LogP contribution is -2.25. The lowest BCUT2D eigenvalue weighted by atomic mass is 10.0. The number of nitrogens with two attached hydrogens (primary N) is 1. The fraction of sp³-hybridized carbons (Fsp3) is 0.318. The molecule has 2 aromatic carbocycles. The summed E-state index contributed by atoms with van der Waals surface area (Å²) in [6.45, 7) is 2.55. The van der Waals surface area contributed by atoms with E-state index in [1.807, 2.05) is 24.3 Å². The number of fused-ring (bicyclic) bond motifs is 1. The minimum absolute atomic E-state index is 0.261. The summed E-state index contributed by atoms with van der Waals surface area (Å²) in [7, 11) is 0. The molecule has 4 rings (SSSR count). The molecule has 0 saturated carbocycles. The van der Waals surface area contributed by atoms with Crippen molar-refractivity contribution in [2.75, 3.05) is 26.4 Å². The topological polar surface area (TPSA) is 83.9 Å². The second kappa shape index (κ2) is 8.86. The zero-order valence-corrected chi connectivity index (χ0v) is 16.6. The highest BCUT2D eigenvalue weighted by Crippen LogP contribution is 2.38. The van der Waals surface area contributed by atoms with Crippen LogP contribution in [0.4, 0.5) is 0 Å². The Morgan fingerprint density at radius 3 is 2.59 bits per heavy atom. The Balaban J connectivity index is 1.43. The van der Waals surface area contributed by atoms with Gasteiger partial charge in [0.2, 0.25) is 11.1 Å². The smallest absolute Gasteiger partial charge is 0.248 e. The number of carbonyl (C=O) groups is 1. The van der Waals surface area contributed by atoms with Crippen LogP contribution < -0.4 is 10.5 Å². The van der Waals surface area contributed by atoms with Gasteiger partial charge in [-0.25, -0.2) is 0 Å². The molecule has 1 aromatic heterocycles. The standard InChI is InChI=1S/C22H22ClNO5/c23-21-20(18-13-15(22(24)25)3-6-19(18)29-21)14-1-4-16(5-2-14)27-11-12-28-17-7-9-26-10-8-17/h1-6,13,17H,7-12H2,(H2,24,25). The highest BCUT2D eigenvalue weighted by Gasteiger charge is 2.17. The molecule has 0 unspecified atom stereocenters. The SMILES string of the molecule is NC(=O)c1ccc2oc(Cl)c(-c3ccc(OCCOC4CCOCC4)cc3)c2c1. The Kier molecular flexibility index (Phi) is 6.04. The van der Waals surface area contributed by atoms with Crippen molar-refractivity contribution >= 4 is 28.5 Å². The van der Waals surface area contributed by atoms with Crippen LogP contribution in [0.5, 0.6) is 5.75 Å². The minimum atomic E-state index is -0.498. The van der Waals surface area contributed by atoms with Gasteiger partial charge in [0, 0.05) is 29.7 Å². The van der Waals surface area contributed by atoms with E-state index in [4.69, 9.17) is 36.0 Å².